The Hall–Kier alpha value is -0.162. The predicted octanol–water partition coefficient (Wildman–Crippen LogP) is -7.46. The van der Waals surface area contributed by atoms with Gasteiger partial charge in [0.05, 0.1) is 0 Å². The molecule has 0 aliphatic rings. The van der Waals surface area contributed by atoms with E-state index in [1.54, 1.807) is 0 Å². The van der Waals surface area contributed by atoms with Gasteiger partial charge in [-0.25, -0.2) is 0 Å². The number of hydrogen-bond donors (Lipinski definition) is 8. The van der Waals surface area contributed by atoms with Crippen molar-refractivity contribution in [3.8, 4) is 0 Å². The van der Waals surface area contributed by atoms with Gasteiger partial charge in [-0.05, 0) is 0 Å². The van der Waals surface area contributed by atoms with Gasteiger partial charge in [0.15, 0.2) is 0 Å². The molecule has 196 valence electrons. The summed E-state index contributed by atoms with van der Waals surface area (Å²) in [6.45, 7) is 0. The molecule has 0 saturated heterocycles. The van der Waals surface area contributed by atoms with Crippen LogP contribution >= 0.6 is 0 Å². The van der Waals surface area contributed by atoms with Gasteiger partial charge in [-0.15, -0.1) is 0 Å². The van der Waals surface area contributed by atoms with Gasteiger partial charge in [-0.3, -0.25) is 0 Å². The summed E-state index contributed by atoms with van der Waals surface area (Å²) in [6, 6.07) is 0. The minimum absolute atomic E-state index is 0. The molecule has 0 rings (SSSR count). The molecule has 0 aromatic heterocycles. The van der Waals surface area contributed by atoms with Crippen LogP contribution in [0.25, 0.3) is 0 Å². The molecule has 28 heteroatoms. The summed E-state index contributed by atoms with van der Waals surface area (Å²) in [4.78, 5) is 0. The van der Waals surface area contributed by atoms with Gasteiger partial charge in [-0.1, -0.05) is 0 Å². The molecule has 28 heavy (non-hydrogen) atoms. The molecule has 0 saturated carbocycles. The molecule has 0 fully saturated rings. The number of rotatable bonds is 0. The standard InChI is InChI=1S/4Mn.8H3N.16O/h;;;;8*1H3;;;;;;;;;;;;;;;;/q;;;;;;;;;;;;;;;;;;;;8*-1/p+8. The molecule has 0 heterocycles. The second kappa shape index (κ2) is 31.5. The van der Waals surface area contributed by atoms with Gasteiger partial charge in [0.1, 0.15) is 0 Å². The Bertz CT molecular complexity index is 491. The number of hydrogen-bond acceptors (Lipinski definition) is 16. The van der Waals surface area contributed by atoms with E-state index in [0.29, 0.717) is 0 Å². The van der Waals surface area contributed by atoms with Crippen LogP contribution in [-0.2, 0) is 84.2 Å². The van der Waals surface area contributed by atoms with Crippen molar-refractivity contribution in [2.75, 3.05) is 0 Å². The Morgan fingerprint density at radius 2 is 0.250 bits per heavy atom. The third kappa shape index (κ3) is 607000. The van der Waals surface area contributed by atoms with Crippen LogP contribution in [0.3, 0.4) is 0 Å². The van der Waals surface area contributed by atoms with Gasteiger partial charge in [0.2, 0.25) is 0 Å². The van der Waals surface area contributed by atoms with E-state index in [-0.39, 0.29) is 49.2 Å². The fourth-order valence-corrected chi connectivity index (χ4v) is 0. The van der Waals surface area contributed by atoms with Crippen LogP contribution in [0.4, 0.5) is 0 Å². The van der Waals surface area contributed by atoms with E-state index in [2.05, 4.69) is 0 Å². The van der Waals surface area contributed by atoms with Crippen molar-refractivity contribution in [2.24, 2.45) is 0 Å². The zero-order valence-corrected chi connectivity index (χ0v) is 20.8. The Morgan fingerprint density at radius 1 is 0.250 bits per heavy atom. The van der Waals surface area contributed by atoms with Gasteiger partial charge in [0.25, 0.3) is 0 Å². The Balaban J connectivity index is -0.0000000111. The molecule has 0 aliphatic carbocycles. The first-order valence-corrected chi connectivity index (χ1v) is 10.2. The third-order valence-electron chi connectivity index (χ3n) is 0. The maximum atomic E-state index is 8.58. The second-order valence-electron chi connectivity index (χ2n) is 1.51. The molecule has 0 radical (unpaired) electrons. The normalized spacial score (nSPS) is 8.29. The van der Waals surface area contributed by atoms with Crippen LogP contribution in [0.5, 0.6) is 0 Å². The molecular formula is H32Mn4N8O16. The summed E-state index contributed by atoms with van der Waals surface area (Å²) in [5, 5.41) is 0. The maximum absolute atomic E-state index is 8.58. The fourth-order valence-electron chi connectivity index (χ4n) is 0. The van der Waals surface area contributed by atoms with E-state index in [9.17, 15) is 0 Å². The van der Waals surface area contributed by atoms with E-state index in [4.69, 9.17) is 64.2 Å². The molecule has 32 N–H and O–H groups in total. The van der Waals surface area contributed by atoms with Crippen molar-refractivity contribution in [1.82, 2.24) is 49.2 Å². The van der Waals surface area contributed by atoms with Crippen molar-refractivity contribution in [2.45, 2.75) is 0 Å². The summed E-state index contributed by atoms with van der Waals surface area (Å²) < 4.78 is 137. The van der Waals surface area contributed by atoms with Crippen LogP contribution in [0, 0.1) is 0 Å². The average Bonchev–Trinajstić information content (AvgIpc) is 1.62. The summed E-state index contributed by atoms with van der Waals surface area (Å²) >= 11 is -22.5. The molecule has 0 spiro atoms. The quantitative estimate of drug-likeness (QED) is 0.117. The first-order chi connectivity index (χ1) is 8.00. The summed E-state index contributed by atoms with van der Waals surface area (Å²) in [6.07, 6.45) is 0. The molecule has 0 bridgehead atoms. The zero-order chi connectivity index (χ0) is 18.0. The van der Waals surface area contributed by atoms with Crippen LogP contribution in [0.1, 0.15) is 0 Å². The molecule has 0 atom stereocenters. The molecular weight excluding hydrogens is 588 g/mol. The van der Waals surface area contributed by atoms with Crippen molar-refractivity contribution in [3.63, 3.8) is 0 Å². The zero-order valence-electron chi connectivity index (χ0n) is 16.0. The van der Waals surface area contributed by atoms with E-state index in [1.807, 2.05) is 0 Å². The first-order valence-electron chi connectivity index (χ1n) is 2.47. The van der Waals surface area contributed by atoms with Crippen molar-refractivity contribution < 1.29 is 118 Å². The van der Waals surface area contributed by atoms with Crippen molar-refractivity contribution >= 4 is 0 Å². The van der Waals surface area contributed by atoms with Crippen LogP contribution < -0.4 is 82.7 Å². The van der Waals surface area contributed by atoms with Gasteiger partial charge in [-0.2, -0.15) is 0 Å². The average molecular weight is 620 g/mol. The second-order valence-corrected chi connectivity index (χ2v) is 6.23. The van der Waals surface area contributed by atoms with E-state index < -0.39 is 53.5 Å². The third-order valence-corrected chi connectivity index (χ3v) is 0. The van der Waals surface area contributed by atoms with Gasteiger partial charge in [0, 0.05) is 0 Å². The topological polar surface area (TPSA) is 613 Å². The monoisotopic (exact) mass is 620 g/mol. The predicted molar refractivity (Wildman–Crippen MR) is 53.4 cm³/mol. The van der Waals surface area contributed by atoms with Crippen LogP contribution in [0.2, 0.25) is 0 Å². The molecule has 0 aromatic carbocycles. The Morgan fingerprint density at radius 3 is 0.250 bits per heavy atom. The molecule has 24 nitrogen and oxygen atoms in total. The van der Waals surface area contributed by atoms with Crippen LogP contribution in [-0.4, -0.2) is 0 Å². The first kappa shape index (κ1) is 79.9. The van der Waals surface area contributed by atoms with E-state index in [1.165, 1.54) is 0 Å². The van der Waals surface area contributed by atoms with Crippen molar-refractivity contribution in [1.29, 1.82) is 0 Å². The molecule has 0 aliphatic heterocycles. The molecule has 0 unspecified atom stereocenters. The van der Waals surface area contributed by atoms with Crippen LogP contribution in [0.15, 0.2) is 0 Å². The molecule has 0 amide bonds. The van der Waals surface area contributed by atoms with E-state index in [0.717, 1.165) is 0 Å². The summed E-state index contributed by atoms with van der Waals surface area (Å²) in [7, 11) is 0. The summed E-state index contributed by atoms with van der Waals surface area (Å²) in [5.41, 5.74) is 0. The Labute approximate surface area is 166 Å². The van der Waals surface area contributed by atoms with Gasteiger partial charge >= 0.3 is 118 Å². The number of quaternary nitrogens is 8. The van der Waals surface area contributed by atoms with E-state index >= 15 is 0 Å². The SMILES string of the molecule is [NH4+].[NH4+].[NH4+].[NH4+].[NH4+].[NH4+].[NH4+].[NH4+].[O]=[Mn](=[O])([O-])[O-].[O]=[Mn](=[O])([O-])[O-].[O]=[Mn](=[O])([O-])[O-].[O]=[Mn](=[O])([O-])[O-]. The summed E-state index contributed by atoms with van der Waals surface area (Å²) in [5.74, 6) is 0. The van der Waals surface area contributed by atoms with Crippen molar-refractivity contribution in [3.05, 3.63) is 0 Å². The minimum atomic E-state index is -5.62. The van der Waals surface area contributed by atoms with Gasteiger partial charge < -0.3 is 49.2 Å². The molecule has 0 aromatic rings. The fraction of sp³-hybridized carbons (Fsp3) is 0. The Kier molecular flexibility index (Phi) is 90.0.